The highest BCUT2D eigenvalue weighted by Crippen LogP contribution is 2.34. The maximum absolute atomic E-state index is 13.6. The normalized spacial score (nSPS) is 15.5. The minimum Gasteiger partial charge on any atom is -0.376 e. The van der Waals surface area contributed by atoms with Gasteiger partial charge in [-0.05, 0) is 49.6 Å². The Hall–Kier alpha value is -3.06. The predicted octanol–water partition coefficient (Wildman–Crippen LogP) is 6.31. The lowest BCUT2D eigenvalue weighted by atomic mass is 10.0. The van der Waals surface area contributed by atoms with Crippen molar-refractivity contribution in [1.82, 2.24) is 4.98 Å². The first-order valence-electron chi connectivity index (χ1n) is 11.2. The first-order valence-corrected chi connectivity index (χ1v) is 12.4. The van der Waals surface area contributed by atoms with E-state index in [1.165, 1.54) is 11.3 Å². The van der Waals surface area contributed by atoms with E-state index in [4.69, 9.17) is 21.3 Å². The van der Waals surface area contributed by atoms with E-state index in [0.29, 0.717) is 40.0 Å². The molecule has 1 unspecified atom stereocenters. The van der Waals surface area contributed by atoms with Crippen molar-refractivity contribution in [3.8, 4) is 0 Å². The van der Waals surface area contributed by atoms with Crippen molar-refractivity contribution in [3.05, 3.63) is 94.0 Å². The zero-order valence-corrected chi connectivity index (χ0v) is 20.2. The van der Waals surface area contributed by atoms with Crippen LogP contribution in [-0.4, -0.2) is 35.9 Å². The van der Waals surface area contributed by atoms with Gasteiger partial charge in [-0.15, -0.1) is 0 Å². The number of hydrogen-bond donors (Lipinski definition) is 0. The van der Waals surface area contributed by atoms with E-state index in [2.05, 4.69) is 0 Å². The summed E-state index contributed by atoms with van der Waals surface area (Å²) in [7, 11) is 0. The lowest BCUT2D eigenvalue weighted by molar-refractivity contribution is 0.0917. The number of hydrogen-bond acceptors (Lipinski definition) is 5. The van der Waals surface area contributed by atoms with E-state index in [-0.39, 0.29) is 17.8 Å². The third kappa shape index (κ3) is 4.49. The van der Waals surface area contributed by atoms with Gasteiger partial charge >= 0.3 is 0 Å². The molecular formula is C27H23ClN2O3S. The predicted molar refractivity (Wildman–Crippen MR) is 136 cm³/mol. The summed E-state index contributed by atoms with van der Waals surface area (Å²) in [5.74, 6) is -0.244. The van der Waals surface area contributed by atoms with Crippen LogP contribution in [0, 0.1) is 6.92 Å². The fourth-order valence-corrected chi connectivity index (χ4v) is 5.31. The zero-order valence-electron chi connectivity index (χ0n) is 18.7. The maximum atomic E-state index is 13.6. The van der Waals surface area contributed by atoms with Crippen molar-refractivity contribution in [3.63, 3.8) is 0 Å². The Balaban J connectivity index is 1.46. The molecule has 1 aliphatic heterocycles. The van der Waals surface area contributed by atoms with Crippen LogP contribution in [0.15, 0.2) is 66.7 Å². The number of carbonyl (C=O) groups excluding carboxylic acids is 2. The molecule has 5 rings (SSSR count). The van der Waals surface area contributed by atoms with Gasteiger partial charge in [-0.3, -0.25) is 14.5 Å². The smallest absolute Gasteiger partial charge is 0.260 e. The molecular weight excluding hydrogens is 468 g/mol. The molecule has 0 bridgehead atoms. The Morgan fingerprint density at radius 1 is 1.03 bits per heavy atom. The number of nitrogens with zero attached hydrogens (tertiary/aromatic N) is 2. The second kappa shape index (κ2) is 9.66. The quantitative estimate of drug-likeness (QED) is 0.297. The topological polar surface area (TPSA) is 59.5 Å². The summed E-state index contributed by atoms with van der Waals surface area (Å²) in [4.78, 5) is 32.9. The van der Waals surface area contributed by atoms with E-state index in [0.717, 1.165) is 28.6 Å². The molecule has 1 aliphatic rings. The van der Waals surface area contributed by atoms with Crippen LogP contribution in [0.4, 0.5) is 5.13 Å². The fourth-order valence-electron chi connectivity index (χ4n) is 4.12. The van der Waals surface area contributed by atoms with E-state index >= 15 is 0 Å². The largest absolute Gasteiger partial charge is 0.376 e. The highest BCUT2D eigenvalue weighted by atomic mass is 35.5. The van der Waals surface area contributed by atoms with Crippen molar-refractivity contribution in [2.24, 2.45) is 0 Å². The number of carbonyl (C=O) groups is 2. The number of fused-ring (bicyclic) bond motifs is 1. The van der Waals surface area contributed by atoms with Crippen molar-refractivity contribution in [2.45, 2.75) is 25.9 Å². The molecule has 0 N–H and O–H groups in total. The van der Waals surface area contributed by atoms with Crippen molar-refractivity contribution >= 4 is 50.0 Å². The second-order valence-corrected chi connectivity index (χ2v) is 9.76. The number of ketones is 1. The van der Waals surface area contributed by atoms with Crippen molar-refractivity contribution in [2.75, 3.05) is 18.1 Å². The molecule has 7 heteroatoms. The van der Waals surface area contributed by atoms with E-state index < -0.39 is 0 Å². The van der Waals surface area contributed by atoms with Crippen molar-refractivity contribution in [1.29, 1.82) is 0 Å². The molecule has 4 aromatic rings. The summed E-state index contributed by atoms with van der Waals surface area (Å²) in [5.41, 5.74) is 3.36. The summed E-state index contributed by atoms with van der Waals surface area (Å²) < 4.78 is 6.80. The molecule has 1 saturated heterocycles. The third-order valence-electron chi connectivity index (χ3n) is 6.05. The lowest BCUT2D eigenvalue weighted by Gasteiger charge is -2.23. The molecule has 1 fully saturated rings. The number of anilines is 1. The van der Waals surface area contributed by atoms with Gasteiger partial charge in [-0.1, -0.05) is 65.4 Å². The highest BCUT2D eigenvalue weighted by molar-refractivity contribution is 7.22. The van der Waals surface area contributed by atoms with Crippen LogP contribution in [0.2, 0.25) is 5.02 Å². The van der Waals surface area contributed by atoms with Crippen LogP contribution in [0.3, 0.4) is 0 Å². The van der Waals surface area contributed by atoms with Crippen molar-refractivity contribution < 1.29 is 14.3 Å². The average Bonchev–Trinajstić information content (AvgIpc) is 3.55. The number of benzene rings is 3. The molecule has 1 amide bonds. The van der Waals surface area contributed by atoms with Crippen LogP contribution >= 0.6 is 22.9 Å². The first-order chi connectivity index (χ1) is 16.5. The molecule has 1 atom stereocenters. The van der Waals surface area contributed by atoms with Gasteiger partial charge in [0.1, 0.15) is 0 Å². The standard InChI is InChI=1S/C27H23ClN2O3S/c1-17-22(28)13-14-23-24(17)29-27(34-23)30(16-21-8-5-15-33-21)26(32)20-11-9-19(10-12-20)25(31)18-6-3-2-4-7-18/h2-4,6-7,9-14,21H,5,8,15-16H2,1H3. The molecule has 0 spiro atoms. The van der Waals surface area contributed by atoms with Crippen LogP contribution in [0.1, 0.15) is 44.7 Å². The second-order valence-electron chi connectivity index (χ2n) is 8.34. The SMILES string of the molecule is Cc1c(Cl)ccc2sc(N(CC3CCCO3)C(=O)c3ccc(C(=O)c4ccccc4)cc3)nc12. The van der Waals surface area contributed by atoms with Crippen LogP contribution in [0.5, 0.6) is 0 Å². The van der Waals surface area contributed by atoms with Crippen LogP contribution in [0.25, 0.3) is 10.2 Å². The summed E-state index contributed by atoms with van der Waals surface area (Å²) >= 11 is 7.76. The maximum Gasteiger partial charge on any atom is 0.260 e. The van der Waals surface area contributed by atoms with Crippen LogP contribution in [-0.2, 0) is 4.74 Å². The number of thiazole rings is 1. The minimum atomic E-state index is -0.169. The number of aromatic nitrogens is 1. The average molecular weight is 491 g/mol. The number of halogens is 1. The van der Waals surface area contributed by atoms with Gasteiger partial charge in [0, 0.05) is 28.3 Å². The van der Waals surface area contributed by atoms with Gasteiger partial charge in [0.2, 0.25) is 0 Å². The molecule has 34 heavy (non-hydrogen) atoms. The molecule has 172 valence electrons. The summed E-state index contributed by atoms with van der Waals surface area (Å²) in [6.45, 7) is 3.07. The lowest BCUT2D eigenvalue weighted by Crippen LogP contribution is -2.37. The summed E-state index contributed by atoms with van der Waals surface area (Å²) in [5, 5.41) is 1.27. The Kier molecular flexibility index (Phi) is 6.46. The van der Waals surface area contributed by atoms with Gasteiger partial charge in [0.25, 0.3) is 5.91 Å². The molecule has 1 aromatic heterocycles. The van der Waals surface area contributed by atoms with Gasteiger partial charge < -0.3 is 4.74 Å². The minimum absolute atomic E-state index is 0.0282. The zero-order chi connectivity index (χ0) is 23.7. The molecule has 3 aromatic carbocycles. The highest BCUT2D eigenvalue weighted by Gasteiger charge is 2.27. The number of amides is 1. The number of ether oxygens (including phenoxy) is 1. The summed E-state index contributed by atoms with van der Waals surface area (Å²) in [6, 6.07) is 19.7. The Morgan fingerprint density at radius 2 is 1.74 bits per heavy atom. The Morgan fingerprint density at radius 3 is 2.44 bits per heavy atom. The summed E-state index contributed by atoms with van der Waals surface area (Å²) in [6.07, 6.45) is 1.86. The molecule has 5 nitrogen and oxygen atoms in total. The van der Waals surface area contributed by atoms with Gasteiger partial charge in [-0.2, -0.15) is 0 Å². The third-order valence-corrected chi connectivity index (χ3v) is 7.51. The first kappa shape index (κ1) is 22.7. The molecule has 2 heterocycles. The van der Waals surface area contributed by atoms with E-state index in [9.17, 15) is 9.59 Å². The number of rotatable bonds is 6. The van der Waals surface area contributed by atoms with Gasteiger partial charge in [0.15, 0.2) is 10.9 Å². The van der Waals surface area contributed by atoms with Gasteiger partial charge in [0.05, 0.1) is 22.9 Å². The Bertz CT molecular complexity index is 1350. The molecule has 0 saturated carbocycles. The van der Waals surface area contributed by atoms with E-state index in [1.54, 1.807) is 41.3 Å². The molecule has 0 radical (unpaired) electrons. The van der Waals surface area contributed by atoms with E-state index in [1.807, 2.05) is 37.3 Å². The Labute approximate surface area is 207 Å². The number of aryl methyl sites for hydroxylation is 1. The van der Waals surface area contributed by atoms with Gasteiger partial charge in [-0.25, -0.2) is 4.98 Å². The van der Waals surface area contributed by atoms with Crippen LogP contribution < -0.4 is 4.90 Å². The monoisotopic (exact) mass is 490 g/mol. The molecule has 0 aliphatic carbocycles. The fraction of sp³-hybridized carbons (Fsp3) is 0.222.